The molecule has 0 bridgehead atoms. The van der Waals surface area contributed by atoms with Gasteiger partial charge in [-0.25, -0.2) is 13.6 Å². The maximum atomic E-state index is 10.9. The normalized spacial score (nSPS) is 12.9. The van der Waals surface area contributed by atoms with Crippen LogP contribution in [0.1, 0.15) is 18.1 Å². The first-order valence-corrected chi connectivity index (χ1v) is 5.72. The van der Waals surface area contributed by atoms with E-state index in [4.69, 9.17) is 5.14 Å². The van der Waals surface area contributed by atoms with Crippen LogP contribution in [0.15, 0.2) is 29.2 Å². The lowest BCUT2D eigenvalue weighted by Gasteiger charge is -1.98. The average Bonchev–Trinajstić information content (AvgIpc) is 2.07. The van der Waals surface area contributed by atoms with Gasteiger partial charge in [0.05, 0.1) is 4.91 Å². The first-order valence-electron chi connectivity index (χ1n) is 4.17. The molecule has 1 aromatic rings. The summed E-state index contributed by atoms with van der Waals surface area (Å²) >= 11 is 0. The van der Waals surface area contributed by atoms with Crippen molar-refractivity contribution in [2.75, 3.05) is 0 Å². The molecule has 4 heteroatoms. The summed E-state index contributed by atoms with van der Waals surface area (Å²) in [6, 6.07) is 7.54. The third kappa shape index (κ3) is 2.97. The Morgan fingerprint density at radius 2 is 1.79 bits per heavy atom. The van der Waals surface area contributed by atoms with Gasteiger partial charge in [-0.1, -0.05) is 29.8 Å². The van der Waals surface area contributed by atoms with E-state index in [1.54, 1.807) is 6.08 Å². The molecule has 3 nitrogen and oxygen atoms in total. The van der Waals surface area contributed by atoms with Crippen LogP contribution in [-0.2, 0) is 10.0 Å². The summed E-state index contributed by atoms with van der Waals surface area (Å²) in [6.45, 7) is 3.45. The Bertz CT molecular complexity index is 444. The molecule has 76 valence electrons. The van der Waals surface area contributed by atoms with Crippen LogP contribution in [0.2, 0.25) is 0 Å². The molecule has 0 aliphatic carbocycles. The predicted molar refractivity (Wildman–Crippen MR) is 57.9 cm³/mol. The number of aryl methyl sites for hydroxylation is 1. The van der Waals surface area contributed by atoms with Crippen molar-refractivity contribution in [1.29, 1.82) is 0 Å². The maximum absolute atomic E-state index is 10.9. The molecular weight excluding hydrogens is 198 g/mol. The second-order valence-corrected chi connectivity index (χ2v) is 4.94. The van der Waals surface area contributed by atoms with E-state index in [0.717, 1.165) is 11.1 Å². The summed E-state index contributed by atoms with van der Waals surface area (Å²) in [5.74, 6) is 0. The summed E-state index contributed by atoms with van der Waals surface area (Å²) in [7, 11) is -3.55. The summed E-state index contributed by atoms with van der Waals surface area (Å²) in [5, 5.41) is 4.96. The third-order valence-electron chi connectivity index (χ3n) is 1.90. The van der Waals surface area contributed by atoms with Gasteiger partial charge in [0.25, 0.3) is 0 Å². The van der Waals surface area contributed by atoms with Crippen molar-refractivity contribution in [3.8, 4) is 0 Å². The van der Waals surface area contributed by atoms with E-state index in [9.17, 15) is 8.42 Å². The standard InChI is InChI=1S/C10H13NO2S/c1-8-3-5-10(6-4-8)7-9(2)14(11,12)13/h3-7H,1-2H3,(H2,11,12,13)/b9-7+. The Hall–Kier alpha value is -1.13. The molecular formula is C10H13NO2S. The van der Waals surface area contributed by atoms with Gasteiger partial charge in [-0.15, -0.1) is 0 Å². The minimum atomic E-state index is -3.55. The van der Waals surface area contributed by atoms with Crippen molar-refractivity contribution < 1.29 is 8.42 Å². The van der Waals surface area contributed by atoms with Crippen molar-refractivity contribution in [2.45, 2.75) is 13.8 Å². The Kier molecular flexibility index (Phi) is 3.08. The van der Waals surface area contributed by atoms with Crippen LogP contribution in [0.3, 0.4) is 0 Å². The molecule has 0 radical (unpaired) electrons. The number of allylic oxidation sites excluding steroid dienone is 1. The van der Waals surface area contributed by atoms with Gasteiger partial charge in [0.15, 0.2) is 0 Å². The largest absolute Gasteiger partial charge is 0.233 e. The van der Waals surface area contributed by atoms with Gasteiger partial charge in [-0.2, -0.15) is 0 Å². The smallest absolute Gasteiger partial charge is 0.225 e. The molecule has 1 aromatic carbocycles. The van der Waals surface area contributed by atoms with Gasteiger partial charge >= 0.3 is 0 Å². The Morgan fingerprint density at radius 3 is 2.21 bits per heavy atom. The van der Waals surface area contributed by atoms with Crippen molar-refractivity contribution in [3.63, 3.8) is 0 Å². The fraction of sp³-hybridized carbons (Fsp3) is 0.200. The van der Waals surface area contributed by atoms with E-state index >= 15 is 0 Å². The zero-order valence-corrected chi connectivity index (χ0v) is 9.01. The number of sulfonamides is 1. The van der Waals surface area contributed by atoms with E-state index < -0.39 is 10.0 Å². The van der Waals surface area contributed by atoms with Crippen molar-refractivity contribution in [2.24, 2.45) is 5.14 Å². The van der Waals surface area contributed by atoms with E-state index in [-0.39, 0.29) is 4.91 Å². The van der Waals surface area contributed by atoms with Crippen LogP contribution >= 0.6 is 0 Å². The van der Waals surface area contributed by atoms with Crippen LogP contribution in [0, 0.1) is 6.92 Å². The van der Waals surface area contributed by atoms with Gasteiger partial charge in [-0.05, 0) is 25.5 Å². The third-order valence-corrected chi connectivity index (χ3v) is 2.91. The van der Waals surface area contributed by atoms with Gasteiger partial charge in [0.1, 0.15) is 0 Å². The number of nitrogens with two attached hydrogens (primary N) is 1. The number of benzene rings is 1. The van der Waals surface area contributed by atoms with Gasteiger partial charge in [-0.3, -0.25) is 0 Å². The van der Waals surface area contributed by atoms with E-state index in [1.165, 1.54) is 6.92 Å². The molecule has 0 aliphatic heterocycles. The molecule has 2 N–H and O–H groups in total. The number of primary sulfonamides is 1. The highest BCUT2D eigenvalue weighted by Crippen LogP contribution is 2.10. The van der Waals surface area contributed by atoms with E-state index in [0.29, 0.717) is 0 Å². The minimum Gasteiger partial charge on any atom is -0.225 e. The lowest BCUT2D eigenvalue weighted by atomic mass is 10.1. The molecule has 0 aromatic heterocycles. The first kappa shape index (κ1) is 10.9. The molecule has 1 rings (SSSR count). The highest BCUT2D eigenvalue weighted by molar-refractivity contribution is 7.93. The average molecular weight is 211 g/mol. The topological polar surface area (TPSA) is 60.2 Å². The molecule has 14 heavy (non-hydrogen) atoms. The number of hydrogen-bond donors (Lipinski definition) is 1. The summed E-state index contributed by atoms with van der Waals surface area (Å²) in [4.78, 5) is 0.168. The molecule has 0 spiro atoms. The second-order valence-electron chi connectivity index (χ2n) is 3.21. The van der Waals surface area contributed by atoms with Crippen LogP contribution in [0.25, 0.3) is 6.08 Å². The van der Waals surface area contributed by atoms with Gasteiger partial charge in [0.2, 0.25) is 10.0 Å². The summed E-state index contributed by atoms with van der Waals surface area (Å²) in [5.41, 5.74) is 1.97. The maximum Gasteiger partial charge on any atom is 0.233 e. The predicted octanol–water partition coefficient (Wildman–Crippen LogP) is 1.64. The fourth-order valence-corrected chi connectivity index (χ4v) is 1.28. The highest BCUT2D eigenvalue weighted by atomic mass is 32.2. The van der Waals surface area contributed by atoms with Gasteiger partial charge < -0.3 is 0 Å². The Balaban J connectivity index is 3.05. The zero-order valence-electron chi connectivity index (χ0n) is 8.19. The van der Waals surface area contributed by atoms with Crippen LogP contribution in [0.4, 0.5) is 0 Å². The van der Waals surface area contributed by atoms with Crippen LogP contribution < -0.4 is 5.14 Å². The van der Waals surface area contributed by atoms with Crippen LogP contribution in [-0.4, -0.2) is 8.42 Å². The molecule has 0 fully saturated rings. The fourth-order valence-electron chi connectivity index (χ4n) is 0.980. The minimum absolute atomic E-state index is 0.168. The number of hydrogen-bond acceptors (Lipinski definition) is 2. The van der Waals surface area contributed by atoms with E-state index in [1.807, 2.05) is 31.2 Å². The van der Waals surface area contributed by atoms with Crippen molar-refractivity contribution in [3.05, 3.63) is 40.3 Å². The lowest BCUT2D eigenvalue weighted by Crippen LogP contribution is -2.12. The SMILES string of the molecule is C/C(=C\c1ccc(C)cc1)S(N)(=O)=O. The van der Waals surface area contributed by atoms with Crippen molar-refractivity contribution >= 4 is 16.1 Å². The molecule has 0 atom stereocenters. The summed E-state index contributed by atoms with van der Waals surface area (Å²) in [6.07, 6.45) is 1.55. The zero-order chi connectivity index (χ0) is 10.8. The molecule has 0 unspecified atom stereocenters. The summed E-state index contributed by atoms with van der Waals surface area (Å²) < 4.78 is 21.8. The molecule has 0 saturated heterocycles. The van der Waals surface area contributed by atoms with Crippen LogP contribution in [0.5, 0.6) is 0 Å². The quantitative estimate of drug-likeness (QED) is 0.808. The first-order chi connectivity index (χ1) is 6.39. The molecule has 0 heterocycles. The Morgan fingerprint density at radius 1 is 1.29 bits per heavy atom. The Labute approximate surface area is 84.3 Å². The van der Waals surface area contributed by atoms with E-state index in [2.05, 4.69) is 0 Å². The monoisotopic (exact) mass is 211 g/mol. The number of rotatable bonds is 2. The highest BCUT2D eigenvalue weighted by Gasteiger charge is 2.04. The van der Waals surface area contributed by atoms with Crippen molar-refractivity contribution in [1.82, 2.24) is 0 Å². The second kappa shape index (κ2) is 3.94. The molecule has 0 aliphatic rings. The van der Waals surface area contributed by atoms with Gasteiger partial charge in [0, 0.05) is 0 Å². The lowest BCUT2D eigenvalue weighted by molar-refractivity contribution is 0.604. The molecule has 0 amide bonds. The molecule has 0 saturated carbocycles.